The highest BCUT2D eigenvalue weighted by molar-refractivity contribution is 5.97. The quantitative estimate of drug-likeness (QED) is 0.636. The Morgan fingerprint density at radius 3 is 2.31 bits per heavy atom. The van der Waals surface area contributed by atoms with Gasteiger partial charge in [0.1, 0.15) is 18.0 Å². The first-order valence-electron chi connectivity index (χ1n) is 8.43. The summed E-state index contributed by atoms with van der Waals surface area (Å²) in [6, 6.07) is 21.8. The molecule has 3 aromatic carbocycles. The van der Waals surface area contributed by atoms with E-state index in [2.05, 4.69) is 40.0 Å². The predicted molar refractivity (Wildman–Crippen MR) is 96.8 cm³/mol. The lowest BCUT2D eigenvalue weighted by Gasteiger charge is -2.14. The van der Waals surface area contributed by atoms with Crippen molar-refractivity contribution in [3.63, 3.8) is 0 Å². The number of fused-ring (bicyclic) bond motifs is 4. The molecule has 0 unspecified atom stereocenters. The van der Waals surface area contributed by atoms with Crippen molar-refractivity contribution in [1.82, 2.24) is 5.43 Å². The van der Waals surface area contributed by atoms with Gasteiger partial charge in [-0.15, -0.1) is 10.5 Å². The molecule has 1 radical (unpaired) electrons. The van der Waals surface area contributed by atoms with Gasteiger partial charge >= 0.3 is 5.97 Å². The lowest BCUT2D eigenvalue weighted by molar-refractivity contribution is 0.0494. The Bertz CT molecular complexity index is 1010. The minimum Gasteiger partial charge on any atom is -0.461 e. The summed E-state index contributed by atoms with van der Waals surface area (Å²) in [6.07, 6.45) is 0. The van der Waals surface area contributed by atoms with Crippen molar-refractivity contribution in [3.8, 4) is 11.1 Å². The van der Waals surface area contributed by atoms with E-state index in [4.69, 9.17) is 4.74 Å². The molecular weight excluding hydrogens is 326 g/mol. The van der Waals surface area contributed by atoms with E-state index < -0.39 is 5.97 Å². The van der Waals surface area contributed by atoms with Gasteiger partial charge in [-0.1, -0.05) is 54.6 Å². The highest BCUT2D eigenvalue weighted by Gasteiger charge is 2.29. The van der Waals surface area contributed by atoms with Crippen LogP contribution < -0.4 is 5.43 Å². The molecule has 0 saturated carbocycles. The van der Waals surface area contributed by atoms with Crippen molar-refractivity contribution < 1.29 is 9.53 Å². The highest BCUT2D eigenvalue weighted by atomic mass is 16.5. The van der Waals surface area contributed by atoms with Gasteiger partial charge in [-0.3, -0.25) is 0 Å². The molecule has 26 heavy (non-hydrogen) atoms. The molecule has 5 rings (SSSR count). The highest BCUT2D eigenvalue weighted by Crippen LogP contribution is 2.44. The van der Waals surface area contributed by atoms with Crippen molar-refractivity contribution in [2.24, 2.45) is 10.3 Å². The Hall–Kier alpha value is -3.47. The summed E-state index contributed by atoms with van der Waals surface area (Å²) in [4.78, 5) is 12.6. The molecule has 1 heterocycles. The number of carbonyl (C=O) groups is 1. The summed E-state index contributed by atoms with van der Waals surface area (Å²) >= 11 is 0. The van der Waals surface area contributed by atoms with Gasteiger partial charge in [0.2, 0.25) is 0 Å². The van der Waals surface area contributed by atoms with Gasteiger partial charge in [-0.25, -0.2) is 4.79 Å². The van der Waals surface area contributed by atoms with Gasteiger partial charge in [0.15, 0.2) is 0 Å². The van der Waals surface area contributed by atoms with Gasteiger partial charge in [0.05, 0.1) is 5.56 Å². The maximum atomic E-state index is 12.6. The van der Waals surface area contributed by atoms with E-state index >= 15 is 0 Å². The third kappa shape index (κ3) is 2.21. The normalized spacial score (nSPS) is 13.7. The fraction of sp³-hybridized carbons (Fsp3) is 0.0952. The molecule has 5 heteroatoms. The first-order chi connectivity index (χ1) is 12.8. The molecule has 125 valence electrons. The van der Waals surface area contributed by atoms with E-state index in [9.17, 15) is 4.79 Å². The van der Waals surface area contributed by atoms with Crippen LogP contribution in [0.15, 0.2) is 77.1 Å². The van der Waals surface area contributed by atoms with Crippen LogP contribution in [0.1, 0.15) is 27.4 Å². The van der Waals surface area contributed by atoms with Crippen LogP contribution in [0.3, 0.4) is 0 Å². The minimum atomic E-state index is -0.403. The van der Waals surface area contributed by atoms with Crippen molar-refractivity contribution in [2.75, 3.05) is 6.61 Å². The Labute approximate surface area is 150 Å². The maximum absolute atomic E-state index is 12.6. The molecular formula is C21H14N3O2. The van der Waals surface area contributed by atoms with Crippen LogP contribution in [0.4, 0.5) is 11.4 Å². The largest absolute Gasteiger partial charge is 0.461 e. The zero-order chi connectivity index (χ0) is 17.5. The Morgan fingerprint density at radius 2 is 1.58 bits per heavy atom. The van der Waals surface area contributed by atoms with E-state index in [0.29, 0.717) is 16.9 Å². The van der Waals surface area contributed by atoms with Crippen LogP contribution in [0.5, 0.6) is 0 Å². The SMILES string of the molecule is O=C(OCC1c2ccccc2-c2ccccc21)c1cccc2c1N=N[N]2. The van der Waals surface area contributed by atoms with Gasteiger partial charge in [-0.05, 0) is 39.6 Å². The molecule has 1 aliphatic heterocycles. The number of carbonyl (C=O) groups excluding carboxylic acids is 1. The Morgan fingerprint density at radius 1 is 0.885 bits per heavy atom. The fourth-order valence-corrected chi connectivity index (χ4v) is 3.67. The molecule has 0 bridgehead atoms. The number of rotatable bonds is 3. The van der Waals surface area contributed by atoms with Crippen LogP contribution in [0.25, 0.3) is 11.1 Å². The van der Waals surface area contributed by atoms with Gasteiger partial charge in [-0.2, -0.15) is 0 Å². The Balaban J connectivity index is 1.43. The summed E-state index contributed by atoms with van der Waals surface area (Å²) in [5.74, 6) is -0.366. The fourth-order valence-electron chi connectivity index (χ4n) is 3.67. The number of esters is 1. The molecule has 0 spiro atoms. The van der Waals surface area contributed by atoms with Gasteiger partial charge in [0.25, 0.3) is 0 Å². The molecule has 0 amide bonds. The zero-order valence-electron chi connectivity index (χ0n) is 13.8. The zero-order valence-corrected chi connectivity index (χ0v) is 13.8. The lowest BCUT2D eigenvalue weighted by Crippen LogP contribution is -2.12. The van der Waals surface area contributed by atoms with E-state index in [0.717, 1.165) is 0 Å². The number of hydrogen-bond donors (Lipinski definition) is 0. The average Bonchev–Trinajstić information content (AvgIpc) is 3.29. The third-order valence-corrected chi connectivity index (χ3v) is 4.88. The molecule has 0 saturated heterocycles. The summed E-state index contributed by atoms with van der Waals surface area (Å²) in [6.45, 7) is 0.283. The molecule has 0 fully saturated rings. The van der Waals surface area contributed by atoms with Crippen molar-refractivity contribution in [3.05, 3.63) is 83.4 Å². The third-order valence-electron chi connectivity index (χ3n) is 4.88. The summed E-state index contributed by atoms with van der Waals surface area (Å²) in [7, 11) is 0. The standard InChI is InChI=1S/C21H14N3O2/c25-21(17-10-5-11-19-20(17)23-24-22-19)26-12-18-15-8-3-1-6-13(15)14-7-2-4-9-16(14)18/h1-11,18H,12H2. The van der Waals surface area contributed by atoms with E-state index in [1.54, 1.807) is 18.2 Å². The summed E-state index contributed by atoms with van der Waals surface area (Å²) in [5.41, 5.74) is 10.1. The van der Waals surface area contributed by atoms with E-state index in [1.807, 2.05) is 24.3 Å². The summed E-state index contributed by atoms with van der Waals surface area (Å²) < 4.78 is 5.67. The van der Waals surface area contributed by atoms with Gasteiger partial charge < -0.3 is 4.74 Å². The van der Waals surface area contributed by atoms with Gasteiger partial charge in [0, 0.05) is 5.92 Å². The van der Waals surface area contributed by atoms with Crippen molar-refractivity contribution in [1.29, 1.82) is 0 Å². The molecule has 3 aromatic rings. The smallest absolute Gasteiger partial charge is 0.340 e. The van der Waals surface area contributed by atoms with E-state index in [1.165, 1.54) is 22.3 Å². The number of ether oxygens (including phenoxy) is 1. The molecule has 0 aromatic heterocycles. The number of hydrogen-bond acceptors (Lipinski definition) is 4. The molecule has 0 atom stereocenters. The average molecular weight is 340 g/mol. The number of benzene rings is 3. The second-order valence-corrected chi connectivity index (χ2v) is 6.29. The summed E-state index contributed by atoms with van der Waals surface area (Å²) in [5, 5.41) is 7.56. The first kappa shape index (κ1) is 14.8. The second kappa shape index (κ2) is 5.81. The second-order valence-electron chi connectivity index (χ2n) is 6.29. The first-order valence-corrected chi connectivity index (χ1v) is 8.43. The lowest BCUT2D eigenvalue weighted by atomic mass is 9.98. The van der Waals surface area contributed by atoms with Crippen LogP contribution in [-0.2, 0) is 4.74 Å². The molecule has 0 N–H and O–H groups in total. The molecule has 5 nitrogen and oxygen atoms in total. The van der Waals surface area contributed by atoms with Crippen LogP contribution >= 0.6 is 0 Å². The van der Waals surface area contributed by atoms with Crippen molar-refractivity contribution in [2.45, 2.75) is 5.92 Å². The van der Waals surface area contributed by atoms with Crippen molar-refractivity contribution >= 4 is 17.3 Å². The van der Waals surface area contributed by atoms with Crippen LogP contribution in [-0.4, -0.2) is 12.6 Å². The monoisotopic (exact) mass is 340 g/mol. The number of nitrogens with zero attached hydrogens (tertiary/aromatic N) is 3. The van der Waals surface area contributed by atoms with Crippen LogP contribution in [0, 0.1) is 0 Å². The predicted octanol–water partition coefficient (Wildman–Crippen LogP) is 4.90. The molecule has 2 aliphatic rings. The topological polar surface area (TPSA) is 65.1 Å². The van der Waals surface area contributed by atoms with Crippen LogP contribution in [0.2, 0.25) is 0 Å². The minimum absolute atomic E-state index is 0.0365. The molecule has 1 aliphatic carbocycles. The Kier molecular flexibility index (Phi) is 3.31. The van der Waals surface area contributed by atoms with E-state index in [-0.39, 0.29) is 12.5 Å². The maximum Gasteiger partial charge on any atom is 0.340 e.